The Labute approximate surface area is 168 Å². The maximum absolute atomic E-state index is 11.5. The first-order chi connectivity index (χ1) is 14.2. The summed E-state index contributed by atoms with van der Waals surface area (Å²) < 4.78 is 33.4. The number of hydrogen-bond acceptors (Lipinski definition) is 7. The van der Waals surface area contributed by atoms with Crippen LogP contribution in [0.4, 0.5) is 0 Å². The van der Waals surface area contributed by atoms with Crippen LogP contribution in [0.1, 0.15) is 24.2 Å². The minimum absolute atomic E-state index is 0.0321. The molecule has 3 heterocycles. The third-order valence-electron chi connectivity index (χ3n) is 5.62. The fraction of sp³-hybridized carbons (Fsp3) is 0.409. The standard InChI is InChI=1S/C22H22O7/c1-13(23)24-10-17-16(6-14-2-4-18-20(7-14)28-11-26-18)9-25-22(17)15-3-5-19-21(8-15)29-12-27-19/h2-5,7-8,16-17,22H,6,9-12H2,1H3/t16-,17-,22+/m0/s1. The van der Waals surface area contributed by atoms with Gasteiger partial charge in [-0.15, -0.1) is 0 Å². The molecule has 5 rings (SSSR count). The Morgan fingerprint density at radius 1 is 0.966 bits per heavy atom. The van der Waals surface area contributed by atoms with Gasteiger partial charge in [-0.1, -0.05) is 12.1 Å². The van der Waals surface area contributed by atoms with E-state index in [4.69, 9.17) is 28.4 Å². The van der Waals surface area contributed by atoms with E-state index in [2.05, 4.69) is 0 Å². The van der Waals surface area contributed by atoms with Crippen LogP contribution < -0.4 is 18.9 Å². The second-order valence-corrected chi connectivity index (χ2v) is 7.48. The average molecular weight is 398 g/mol. The molecule has 0 aromatic heterocycles. The Morgan fingerprint density at radius 3 is 2.41 bits per heavy atom. The molecule has 0 spiro atoms. The molecule has 7 heteroatoms. The van der Waals surface area contributed by atoms with Crippen LogP contribution in [0.15, 0.2) is 36.4 Å². The molecular formula is C22H22O7. The van der Waals surface area contributed by atoms with Gasteiger partial charge in [0.15, 0.2) is 23.0 Å². The summed E-state index contributed by atoms with van der Waals surface area (Å²) in [5.74, 6) is 2.94. The predicted molar refractivity (Wildman–Crippen MR) is 101 cm³/mol. The summed E-state index contributed by atoms with van der Waals surface area (Å²) >= 11 is 0. The van der Waals surface area contributed by atoms with Crippen molar-refractivity contribution in [2.24, 2.45) is 11.8 Å². The van der Waals surface area contributed by atoms with Crippen molar-refractivity contribution in [3.05, 3.63) is 47.5 Å². The number of rotatable bonds is 5. The molecule has 3 aliphatic rings. The zero-order chi connectivity index (χ0) is 19.8. The lowest BCUT2D eigenvalue weighted by Crippen LogP contribution is -2.23. The average Bonchev–Trinajstić information content (AvgIpc) is 3.45. The Morgan fingerprint density at radius 2 is 1.66 bits per heavy atom. The van der Waals surface area contributed by atoms with Crippen LogP contribution in [-0.2, 0) is 20.7 Å². The van der Waals surface area contributed by atoms with Crippen molar-refractivity contribution in [3.63, 3.8) is 0 Å². The SMILES string of the molecule is CC(=O)OC[C@H]1[C@@H](Cc2ccc3c(c2)OCO3)CO[C@@H]1c1ccc2c(c1)OCO2. The third-order valence-corrected chi connectivity index (χ3v) is 5.62. The van der Waals surface area contributed by atoms with Gasteiger partial charge in [-0.3, -0.25) is 4.79 Å². The molecule has 0 unspecified atom stereocenters. The maximum Gasteiger partial charge on any atom is 0.302 e. The lowest BCUT2D eigenvalue weighted by atomic mass is 9.84. The number of carbonyl (C=O) groups excluding carboxylic acids is 1. The first kappa shape index (κ1) is 18.1. The molecule has 0 radical (unpaired) electrons. The molecule has 0 aliphatic carbocycles. The van der Waals surface area contributed by atoms with Crippen LogP contribution >= 0.6 is 0 Å². The molecule has 2 aromatic rings. The van der Waals surface area contributed by atoms with Crippen LogP contribution in [0.2, 0.25) is 0 Å². The highest BCUT2D eigenvalue weighted by Gasteiger charge is 2.39. The van der Waals surface area contributed by atoms with E-state index in [-0.39, 0.29) is 37.5 Å². The molecule has 0 N–H and O–H groups in total. The van der Waals surface area contributed by atoms with Crippen molar-refractivity contribution in [3.8, 4) is 23.0 Å². The molecule has 0 amide bonds. The van der Waals surface area contributed by atoms with Gasteiger partial charge in [0.05, 0.1) is 19.3 Å². The highest BCUT2D eigenvalue weighted by Crippen LogP contribution is 2.44. The van der Waals surface area contributed by atoms with Crippen LogP contribution in [0.25, 0.3) is 0 Å². The van der Waals surface area contributed by atoms with Crippen molar-refractivity contribution < 1.29 is 33.2 Å². The molecule has 0 bridgehead atoms. The summed E-state index contributed by atoms with van der Waals surface area (Å²) in [5.41, 5.74) is 2.14. The van der Waals surface area contributed by atoms with Crippen molar-refractivity contribution >= 4 is 5.97 Å². The van der Waals surface area contributed by atoms with Gasteiger partial charge in [-0.25, -0.2) is 0 Å². The van der Waals surface area contributed by atoms with Gasteiger partial charge in [-0.2, -0.15) is 0 Å². The zero-order valence-corrected chi connectivity index (χ0v) is 16.1. The van der Waals surface area contributed by atoms with E-state index in [1.807, 2.05) is 36.4 Å². The normalized spacial score (nSPS) is 24.0. The molecule has 7 nitrogen and oxygen atoms in total. The van der Waals surface area contributed by atoms with E-state index in [1.54, 1.807) is 0 Å². The van der Waals surface area contributed by atoms with Gasteiger partial charge in [0.2, 0.25) is 13.6 Å². The Balaban J connectivity index is 1.37. The summed E-state index contributed by atoms with van der Waals surface area (Å²) in [6.45, 7) is 2.81. The van der Waals surface area contributed by atoms with E-state index in [0.717, 1.165) is 40.5 Å². The number of fused-ring (bicyclic) bond motifs is 2. The van der Waals surface area contributed by atoms with E-state index < -0.39 is 0 Å². The summed E-state index contributed by atoms with van der Waals surface area (Å²) in [7, 11) is 0. The first-order valence-electron chi connectivity index (χ1n) is 9.70. The topological polar surface area (TPSA) is 72.5 Å². The zero-order valence-electron chi connectivity index (χ0n) is 16.1. The highest BCUT2D eigenvalue weighted by atomic mass is 16.7. The summed E-state index contributed by atoms with van der Waals surface area (Å²) in [5, 5.41) is 0. The minimum Gasteiger partial charge on any atom is -0.465 e. The smallest absolute Gasteiger partial charge is 0.302 e. The van der Waals surface area contributed by atoms with Gasteiger partial charge < -0.3 is 28.4 Å². The molecule has 3 atom stereocenters. The van der Waals surface area contributed by atoms with Crippen molar-refractivity contribution in [2.45, 2.75) is 19.4 Å². The largest absolute Gasteiger partial charge is 0.465 e. The number of ether oxygens (including phenoxy) is 6. The number of hydrogen-bond donors (Lipinski definition) is 0. The molecule has 29 heavy (non-hydrogen) atoms. The van der Waals surface area contributed by atoms with Gasteiger partial charge in [0, 0.05) is 12.8 Å². The van der Waals surface area contributed by atoms with Crippen LogP contribution in [0, 0.1) is 11.8 Å². The molecule has 2 aromatic carbocycles. The Kier molecular flexibility index (Phi) is 4.67. The van der Waals surface area contributed by atoms with E-state index in [0.29, 0.717) is 13.2 Å². The summed E-state index contributed by atoms with van der Waals surface area (Å²) in [4.78, 5) is 11.5. The summed E-state index contributed by atoms with van der Waals surface area (Å²) in [6, 6.07) is 11.8. The summed E-state index contributed by atoms with van der Waals surface area (Å²) in [6.07, 6.45) is 0.617. The van der Waals surface area contributed by atoms with Crippen molar-refractivity contribution in [1.29, 1.82) is 0 Å². The first-order valence-corrected chi connectivity index (χ1v) is 9.70. The highest BCUT2D eigenvalue weighted by molar-refractivity contribution is 5.65. The van der Waals surface area contributed by atoms with Crippen LogP contribution in [0.5, 0.6) is 23.0 Å². The lowest BCUT2D eigenvalue weighted by molar-refractivity contribution is -0.143. The van der Waals surface area contributed by atoms with Crippen LogP contribution in [0.3, 0.4) is 0 Å². The molecule has 1 saturated heterocycles. The van der Waals surface area contributed by atoms with Crippen molar-refractivity contribution in [2.75, 3.05) is 26.8 Å². The number of carbonyl (C=O) groups is 1. The van der Waals surface area contributed by atoms with Gasteiger partial charge in [0.1, 0.15) is 0 Å². The third kappa shape index (κ3) is 3.58. The number of esters is 1. The number of benzene rings is 2. The second-order valence-electron chi connectivity index (χ2n) is 7.48. The van der Waals surface area contributed by atoms with E-state index >= 15 is 0 Å². The van der Waals surface area contributed by atoms with Gasteiger partial charge in [0.25, 0.3) is 0 Å². The molecule has 0 saturated carbocycles. The van der Waals surface area contributed by atoms with Gasteiger partial charge >= 0.3 is 5.97 Å². The molecule has 3 aliphatic heterocycles. The van der Waals surface area contributed by atoms with E-state index in [1.165, 1.54) is 6.92 Å². The molecule has 152 valence electrons. The Hall–Kier alpha value is -2.93. The fourth-order valence-corrected chi connectivity index (χ4v) is 4.17. The lowest BCUT2D eigenvalue weighted by Gasteiger charge is -2.23. The molecule has 1 fully saturated rings. The van der Waals surface area contributed by atoms with Crippen molar-refractivity contribution in [1.82, 2.24) is 0 Å². The van der Waals surface area contributed by atoms with E-state index in [9.17, 15) is 4.79 Å². The maximum atomic E-state index is 11.5. The minimum atomic E-state index is -0.289. The Bertz CT molecular complexity index is 925. The predicted octanol–water partition coefficient (Wildman–Crippen LogP) is 3.25. The quantitative estimate of drug-likeness (QED) is 0.716. The second kappa shape index (κ2) is 7.48. The van der Waals surface area contributed by atoms with Crippen LogP contribution in [-0.4, -0.2) is 32.8 Å². The molecular weight excluding hydrogens is 376 g/mol. The fourth-order valence-electron chi connectivity index (χ4n) is 4.17. The van der Waals surface area contributed by atoms with Gasteiger partial charge in [-0.05, 0) is 47.7 Å². The monoisotopic (exact) mass is 398 g/mol.